The molecule has 0 bridgehead atoms. The lowest BCUT2D eigenvalue weighted by Gasteiger charge is -2.10. The van der Waals surface area contributed by atoms with Gasteiger partial charge in [0, 0.05) is 24.5 Å². The van der Waals surface area contributed by atoms with Crippen LogP contribution < -0.4 is 11.0 Å². The first-order chi connectivity index (χ1) is 11.7. The molecule has 0 unspecified atom stereocenters. The molecule has 2 aromatic rings. The topological polar surface area (TPSA) is 97.4 Å². The van der Waals surface area contributed by atoms with E-state index < -0.39 is 11.5 Å². The van der Waals surface area contributed by atoms with Crippen LogP contribution in [0.15, 0.2) is 27.4 Å². The zero-order chi connectivity index (χ0) is 18.6. The van der Waals surface area contributed by atoms with Crippen LogP contribution in [0.25, 0.3) is 0 Å². The summed E-state index contributed by atoms with van der Waals surface area (Å²) in [6, 6.07) is 4.88. The molecular weight excluding hydrogens is 322 g/mol. The second-order valence-electron chi connectivity index (χ2n) is 6.20. The van der Waals surface area contributed by atoms with Gasteiger partial charge in [0.15, 0.2) is 11.5 Å². The maximum absolute atomic E-state index is 12.1. The van der Waals surface area contributed by atoms with Gasteiger partial charge in [-0.05, 0) is 51.8 Å². The molecule has 0 spiro atoms. The number of aliphatic hydroxyl groups is 1. The first-order valence-electron chi connectivity index (χ1n) is 7.84. The van der Waals surface area contributed by atoms with E-state index in [2.05, 4.69) is 22.1 Å². The highest BCUT2D eigenvalue weighted by Gasteiger charge is 2.11. The number of amides is 1. The van der Waals surface area contributed by atoms with Crippen molar-refractivity contribution >= 4 is 5.91 Å². The summed E-state index contributed by atoms with van der Waals surface area (Å²) < 4.78 is 6.82. The van der Waals surface area contributed by atoms with Crippen LogP contribution in [0, 0.1) is 25.7 Å². The van der Waals surface area contributed by atoms with Crippen molar-refractivity contribution in [2.45, 2.75) is 39.8 Å². The van der Waals surface area contributed by atoms with Crippen LogP contribution in [0.5, 0.6) is 0 Å². The number of rotatable bonds is 4. The molecule has 0 fully saturated rings. The van der Waals surface area contributed by atoms with Gasteiger partial charge < -0.3 is 14.8 Å². The number of carbonyl (C=O) groups excluding carboxylic acids is 1. The molecule has 25 heavy (non-hydrogen) atoms. The fraction of sp³-hybridized carbons (Fsp3) is 0.389. The number of furan rings is 1. The first-order valence-corrected chi connectivity index (χ1v) is 7.84. The van der Waals surface area contributed by atoms with Crippen molar-refractivity contribution in [2.75, 3.05) is 6.54 Å². The van der Waals surface area contributed by atoms with Gasteiger partial charge in [-0.15, -0.1) is 0 Å². The van der Waals surface area contributed by atoms with E-state index in [0.717, 1.165) is 5.69 Å². The van der Waals surface area contributed by atoms with Crippen molar-refractivity contribution in [1.82, 2.24) is 14.9 Å². The summed E-state index contributed by atoms with van der Waals surface area (Å²) in [7, 11) is 0. The highest BCUT2D eigenvalue weighted by Crippen LogP contribution is 2.07. The highest BCUT2D eigenvalue weighted by atomic mass is 16.3. The average Bonchev–Trinajstić information content (AvgIpc) is 2.96. The van der Waals surface area contributed by atoms with E-state index in [0.29, 0.717) is 18.0 Å². The second-order valence-corrected chi connectivity index (χ2v) is 6.20. The maximum Gasteiger partial charge on any atom is 0.348 e. The maximum atomic E-state index is 12.1. The lowest BCUT2D eigenvalue weighted by Crippen LogP contribution is -2.33. The predicted octanol–water partition coefficient (Wildman–Crippen LogP) is 1.01. The van der Waals surface area contributed by atoms with Crippen LogP contribution in [-0.2, 0) is 6.54 Å². The van der Waals surface area contributed by atoms with E-state index in [1.54, 1.807) is 26.8 Å². The Morgan fingerprint density at radius 3 is 2.76 bits per heavy atom. The Balaban J connectivity index is 1.96. The van der Waals surface area contributed by atoms with Crippen molar-refractivity contribution < 1.29 is 14.3 Å². The summed E-state index contributed by atoms with van der Waals surface area (Å²) in [5.41, 5.74) is -0.0245. The van der Waals surface area contributed by atoms with Gasteiger partial charge in [-0.3, -0.25) is 9.36 Å². The molecule has 7 nitrogen and oxygen atoms in total. The molecule has 132 valence electrons. The first kappa shape index (κ1) is 18.5. The van der Waals surface area contributed by atoms with Gasteiger partial charge in [0.1, 0.15) is 5.60 Å². The Hall–Kier alpha value is -2.85. The Labute approximate surface area is 145 Å². The third-order valence-corrected chi connectivity index (χ3v) is 3.29. The zero-order valence-corrected chi connectivity index (χ0v) is 14.7. The number of aromatic nitrogens is 2. The van der Waals surface area contributed by atoms with Gasteiger partial charge in [-0.1, -0.05) is 5.92 Å². The Morgan fingerprint density at radius 2 is 2.12 bits per heavy atom. The second kappa shape index (κ2) is 7.36. The van der Waals surface area contributed by atoms with E-state index in [9.17, 15) is 14.7 Å². The summed E-state index contributed by atoms with van der Waals surface area (Å²) in [5.74, 6) is 5.28. The molecule has 0 aliphatic carbocycles. The smallest absolute Gasteiger partial charge is 0.348 e. The molecule has 0 radical (unpaired) electrons. The molecule has 2 N–H and O–H groups in total. The monoisotopic (exact) mass is 343 g/mol. The minimum absolute atomic E-state index is 0.117. The van der Waals surface area contributed by atoms with Crippen LogP contribution >= 0.6 is 0 Å². The number of hydrogen-bond donors (Lipinski definition) is 2. The minimum atomic E-state index is -1.14. The molecule has 0 atom stereocenters. The van der Waals surface area contributed by atoms with Gasteiger partial charge in [-0.2, -0.15) is 4.98 Å². The van der Waals surface area contributed by atoms with E-state index in [1.165, 1.54) is 10.6 Å². The van der Waals surface area contributed by atoms with Crippen LogP contribution in [0.3, 0.4) is 0 Å². The van der Waals surface area contributed by atoms with Crippen LogP contribution in [0.1, 0.15) is 41.6 Å². The predicted molar refractivity (Wildman–Crippen MR) is 92.2 cm³/mol. The van der Waals surface area contributed by atoms with Gasteiger partial charge in [0.05, 0.1) is 0 Å². The Kier molecular flexibility index (Phi) is 5.45. The normalized spacial score (nSPS) is 10.9. The van der Waals surface area contributed by atoms with Gasteiger partial charge in [0.25, 0.3) is 5.91 Å². The molecule has 7 heteroatoms. The molecule has 2 heterocycles. The van der Waals surface area contributed by atoms with E-state index >= 15 is 0 Å². The number of nitrogens with zero attached hydrogens (tertiary/aromatic N) is 2. The van der Waals surface area contributed by atoms with Gasteiger partial charge >= 0.3 is 5.69 Å². The minimum Gasteiger partial charge on any atom is -0.443 e. The Bertz CT molecular complexity index is 892. The lowest BCUT2D eigenvalue weighted by molar-refractivity contribution is 0.0924. The van der Waals surface area contributed by atoms with Crippen LogP contribution in [-0.4, -0.2) is 32.7 Å². The summed E-state index contributed by atoms with van der Waals surface area (Å²) in [6.45, 7) is 7.26. The Morgan fingerprint density at radius 1 is 1.40 bits per heavy atom. The van der Waals surface area contributed by atoms with Crippen LogP contribution in [0.4, 0.5) is 0 Å². The molecule has 2 rings (SSSR count). The van der Waals surface area contributed by atoms with Crippen molar-refractivity contribution in [3.63, 3.8) is 0 Å². The number of hydrogen-bond acceptors (Lipinski definition) is 5. The van der Waals surface area contributed by atoms with Crippen molar-refractivity contribution in [3.8, 4) is 11.8 Å². The third kappa shape index (κ3) is 5.33. The fourth-order valence-corrected chi connectivity index (χ4v) is 2.16. The summed E-state index contributed by atoms with van der Waals surface area (Å²) in [4.78, 5) is 27.8. The highest BCUT2D eigenvalue weighted by molar-refractivity contribution is 5.91. The molecular formula is C18H21N3O4. The molecule has 0 saturated heterocycles. The quantitative estimate of drug-likeness (QED) is 0.808. The van der Waals surface area contributed by atoms with E-state index in [1.807, 2.05) is 13.0 Å². The van der Waals surface area contributed by atoms with E-state index in [4.69, 9.17) is 4.42 Å². The van der Waals surface area contributed by atoms with Gasteiger partial charge in [0.2, 0.25) is 0 Å². The lowest BCUT2D eigenvalue weighted by atomic mass is 10.1. The van der Waals surface area contributed by atoms with Gasteiger partial charge in [-0.25, -0.2) is 4.79 Å². The number of nitrogens with one attached hydrogen (secondary N) is 1. The summed E-state index contributed by atoms with van der Waals surface area (Å²) in [5, 5.41) is 12.2. The number of aryl methyl sites for hydroxylation is 2. The average molecular weight is 343 g/mol. The van der Waals surface area contributed by atoms with Crippen molar-refractivity contribution in [2.24, 2.45) is 0 Å². The fourth-order valence-electron chi connectivity index (χ4n) is 2.16. The van der Waals surface area contributed by atoms with E-state index in [-0.39, 0.29) is 18.0 Å². The standard InChI is InChI=1S/C18H21N3O4/c1-12-11-13(2)21(17(23)20-12)10-9-19-16(22)15-6-5-14(25-15)7-8-18(3,4)24/h5-6,11,24H,9-10H2,1-4H3,(H,19,22). The zero-order valence-electron chi connectivity index (χ0n) is 14.7. The molecule has 0 aromatic carbocycles. The van der Waals surface area contributed by atoms with Crippen molar-refractivity contribution in [3.05, 3.63) is 51.6 Å². The molecule has 2 aromatic heterocycles. The molecule has 0 aliphatic rings. The summed E-state index contributed by atoms with van der Waals surface area (Å²) in [6.07, 6.45) is 0. The summed E-state index contributed by atoms with van der Waals surface area (Å²) >= 11 is 0. The third-order valence-electron chi connectivity index (χ3n) is 3.29. The van der Waals surface area contributed by atoms with Crippen LogP contribution in [0.2, 0.25) is 0 Å². The molecule has 0 aliphatic heterocycles. The molecule has 1 amide bonds. The van der Waals surface area contributed by atoms with Crippen molar-refractivity contribution in [1.29, 1.82) is 0 Å². The SMILES string of the molecule is Cc1cc(C)n(CCNC(=O)c2ccc(C#CC(C)(C)O)o2)c(=O)n1. The largest absolute Gasteiger partial charge is 0.443 e. The molecule has 0 saturated carbocycles. The number of carbonyl (C=O) groups is 1.